The van der Waals surface area contributed by atoms with E-state index in [0.717, 1.165) is 38.5 Å². The first-order chi connectivity index (χ1) is 10.6. The molecule has 22 heavy (non-hydrogen) atoms. The molecule has 1 unspecified atom stereocenters. The van der Waals surface area contributed by atoms with Crippen molar-refractivity contribution in [1.82, 2.24) is 0 Å². The molecule has 1 atom stereocenters. The molecule has 0 aromatic rings. The van der Waals surface area contributed by atoms with Gasteiger partial charge in [-0.2, -0.15) is 0 Å². The van der Waals surface area contributed by atoms with Crippen molar-refractivity contribution >= 4 is 11.9 Å². The van der Waals surface area contributed by atoms with Crippen LogP contribution in [0.2, 0.25) is 0 Å². The van der Waals surface area contributed by atoms with Crippen molar-refractivity contribution in [3.63, 3.8) is 0 Å². The predicted molar refractivity (Wildman–Crippen MR) is 88.9 cm³/mol. The summed E-state index contributed by atoms with van der Waals surface area (Å²) in [6.07, 6.45) is 16.1. The lowest BCUT2D eigenvalue weighted by molar-refractivity contribution is -0.142. The summed E-state index contributed by atoms with van der Waals surface area (Å²) in [5, 5.41) is 17.7. The molecule has 4 heteroatoms. The van der Waals surface area contributed by atoms with E-state index in [1.54, 1.807) is 0 Å². The van der Waals surface area contributed by atoms with E-state index in [9.17, 15) is 14.7 Å². The van der Waals surface area contributed by atoms with Crippen molar-refractivity contribution in [2.24, 2.45) is 5.92 Å². The molecule has 0 fully saturated rings. The normalized spacial score (nSPS) is 13.0. The Labute approximate surface area is 133 Å². The van der Waals surface area contributed by atoms with Gasteiger partial charge in [0.05, 0.1) is 5.92 Å². The van der Waals surface area contributed by atoms with Gasteiger partial charge in [-0.25, -0.2) is 0 Å². The lowest BCUT2D eigenvalue weighted by Gasteiger charge is -2.09. The van der Waals surface area contributed by atoms with E-state index in [0.29, 0.717) is 19.3 Å². The average molecular weight is 310 g/mol. The fraction of sp³-hybridized carbons (Fsp3) is 0.667. The molecule has 0 rings (SSSR count). The molecule has 0 aliphatic rings. The maximum Gasteiger partial charge on any atom is 0.306 e. The molecular weight excluding hydrogens is 280 g/mol. The molecule has 0 saturated heterocycles. The zero-order valence-corrected chi connectivity index (χ0v) is 13.7. The number of carbonyl (C=O) groups is 2. The number of hydrogen-bond donors (Lipinski definition) is 2. The van der Waals surface area contributed by atoms with Crippen molar-refractivity contribution in [2.75, 3.05) is 0 Å². The highest BCUT2D eigenvalue weighted by Gasteiger charge is 2.14. The van der Waals surface area contributed by atoms with Crippen LogP contribution in [0.5, 0.6) is 0 Å². The first-order valence-electron chi connectivity index (χ1n) is 8.32. The molecule has 0 spiro atoms. The van der Waals surface area contributed by atoms with E-state index < -0.39 is 11.9 Å². The monoisotopic (exact) mass is 310 g/mol. The molecule has 0 saturated carbocycles. The Balaban J connectivity index is 3.75. The number of allylic oxidation sites excluding steroid dienone is 4. The van der Waals surface area contributed by atoms with Gasteiger partial charge in [0.1, 0.15) is 0 Å². The maximum atomic E-state index is 11.2. The van der Waals surface area contributed by atoms with Gasteiger partial charge >= 0.3 is 11.9 Å². The summed E-state index contributed by atoms with van der Waals surface area (Å²) in [5.74, 6) is -1.77. The second kappa shape index (κ2) is 14.4. The fourth-order valence-electron chi connectivity index (χ4n) is 2.24. The van der Waals surface area contributed by atoms with Crippen LogP contribution >= 0.6 is 0 Å². The van der Waals surface area contributed by atoms with Crippen LogP contribution in [0, 0.1) is 5.92 Å². The maximum absolute atomic E-state index is 11.2. The zero-order valence-electron chi connectivity index (χ0n) is 13.7. The molecule has 0 aromatic carbocycles. The van der Waals surface area contributed by atoms with Gasteiger partial charge in [0.25, 0.3) is 0 Å². The van der Waals surface area contributed by atoms with Crippen LogP contribution < -0.4 is 0 Å². The van der Waals surface area contributed by atoms with E-state index in [1.165, 1.54) is 0 Å². The topological polar surface area (TPSA) is 74.6 Å². The van der Waals surface area contributed by atoms with Crippen LogP contribution in [0.3, 0.4) is 0 Å². The van der Waals surface area contributed by atoms with Gasteiger partial charge in [-0.1, -0.05) is 56.9 Å². The second-order valence-electron chi connectivity index (χ2n) is 5.56. The average Bonchev–Trinajstić information content (AvgIpc) is 2.46. The minimum absolute atomic E-state index is 0.231. The fourth-order valence-corrected chi connectivity index (χ4v) is 2.24. The summed E-state index contributed by atoms with van der Waals surface area (Å²) in [6, 6.07) is 0. The van der Waals surface area contributed by atoms with Crippen LogP contribution in [0.1, 0.15) is 71.1 Å². The standard InChI is InChI=1S/C18H30O4/c1-2-3-4-5-7-10-13-16(18(21)22)14-11-8-6-9-12-15-17(19)20/h3-4,7,10,16H,2,5-6,8-9,11-15H2,1H3,(H,19,20)(H,21,22)/b4-3-,10-7-. The molecule has 0 aromatic heterocycles. The summed E-state index contributed by atoms with van der Waals surface area (Å²) >= 11 is 0. The summed E-state index contributed by atoms with van der Waals surface area (Å²) in [6.45, 7) is 2.09. The molecule has 0 amide bonds. The van der Waals surface area contributed by atoms with E-state index in [2.05, 4.69) is 19.1 Å². The van der Waals surface area contributed by atoms with E-state index in [1.807, 2.05) is 12.2 Å². The summed E-state index contributed by atoms with van der Waals surface area (Å²) in [7, 11) is 0. The highest BCUT2D eigenvalue weighted by Crippen LogP contribution is 2.16. The number of aliphatic carboxylic acids is 2. The molecule has 0 radical (unpaired) electrons. The third-order valence-electron chi connectivity index (χ3n) is 3.55. The van der Waals surface area contributed by atoms with Crippen LogP contribution in [0.4, 0.5) is 0 Å². The van der Waals surface area contributed by atoms with Crippen molar-refractivity contribution in [3.8, 4) is 0 Å². The molecule has 0 aliphatic carbocycles. The molecular formula is C18H30O4. The SMILES string of the molecule is CC/C=C\C/C=C\CC(CCCCCCCC(=O)O)C(=O)O. The quantitative estimate of drug-likeness (QED) is 0.357. The smallest absolute Gasteiger partial charge is 0.306 e. The lowest BCUT2D eigenvalue weighted by atomic mass is 9.97. The molecule has 2 N–H and O–H groups in total. The van der Waals surface area contributed by atoms with Gasteiger partial charge < -0.3 is 10.2 Å². The molecule has 0 heterocycles. The van der Waals surface area contributed by atoms with E-state index >= 15 is 0 Å². The molecule has 4 nitrogen and oxygen atoms in total. The number of carboxylic acids is 2. The summed E-state index contributed by atoms with van der Waals surface area (Å²) in [4.78, 5) is 21.6. The number of carboxylic acid groups (broad SMARTS) is 2. The Morgan fingerprint density at radius 3 is 2.18 bits per heavy atom. The minimum Gasteiger partial charge on any atom is -0.481 e. The highest BCUT2D eigenvalue weighted by molar-refractivity contribution is 5.70. The Morgan fingerprint density at radius 1 is 0.909 bits per heavy atom. The predicted octanol–water partition coefficient (Wildman–Crippen LogP) is 4.81. The molecule has 0 aliphatic heterocycles. The van der Waals surface area contributed by atoms with Crippen LogP contribution in [-0.4, -0.2) is 22.2 Å². The zero-order chi connectivity index (χ0) is 16.6. The van der Waals surface area contributed by atoms with Gasteiger partial charge in [-0.05, 0) is 32.1 Å². The van der Waals surface area contributed by atoms with Crippen LogP contribution in [-0.2, 0) is 9.59 Å². The Hall–Kier alpha value is -1.58. The van der Waals surface area contributed by atoms with Crippen LogP contribution in [0.25, 0.3) is 0 Å². The number of rotatable bonds is 14. The van der Waals surface area contributed by atoms with Crippen LogP contribution in [0.15, 0.2) is 24.3 Å². The van der Waals surface area contributed by atoms with Gasteiger partial charge in [-0.15, -0.1) is 0 Å². The second-order valence-corrected chi connectivity index (χ2v) is 5.56. The van der Waals surface area contributed by atoms with Gasteiger partial charge in [-0.3, -0.25) is 9.59 Å². The number of unbranched alkanes of at least 4 members (excludes halogenated alkanes) is 4. The van der Waals surface area contributed by atoms with Crippen molar-refractivity contribution in [1.29, 1.82) is 0 Å². The minimum atomic E-state index is -0.744. The molecule has 126 valence electrons. The highest BCUT2D eigenvalue weighted by atomic mass is 16.4. The Bertz CT molecular complexity index is 358. The third kappa shape index (κ3) is 13.4. The Kier molecular flexibility index (Phi) is 13.3. The van der Waals surface area contributed by atoms with E-state index in [4.69, 9.17) is 5.11 Å². The summed E-state index contributed by atoms with van der Waals surface area (Å²) in [5.41, 5.74) is 0. The summed E-state index contributed by atoms with van der Waals surface area (Å²) < 4.78 is 0. The lowest BCUT2D eigenvalue weighted by Crippen LogP contribution is -2.12. The van der Waals surface area contributed by atoms with Gasteiger partial charge in [0.15, 0.2) is 0 Å². The van der Waals surface area contributed by atoms with Crippen molar-refractivity contribution in [3.05, 3.63) is 24.3 Å². The first-order valence-corrected chi connectivity index (χ1v) is 8.32. The largest absolute Gasteiger partial charge is 0.481 e. The number of hydrogen-bond acceptors (Lipinski definition) is 2. The Morgan fingerprint density at radius 2 is 1.55 bits per heavy atom. The molecule has 0 bridgehead atoms. The van der Waals surface area contributed by atoms with E-state index in [-0.39, 0.29) is 12.3 Å². The van der Waals surface area contributed by atoms with Crippen molar-refractivity contribution in [2.45, 2.75) is 71.1 Å². The van der Waals surface area contributed by atoms with Gasteiger partial charge in [0, 0.05) is 6.42 Å². The first kappa shape index (κ1) is 20.4. The van der Waals surface area contributed by atoms with Crippen molar-refractivity contribution < 1.29 is 19.8 Å². The van der Waals surface area contributed by atoms with Gasteiger partial charge in [0.2, 0.25) is 0 Å². The third-order valence-corrected chi connectivity index (χ3v) is 3.55.